The van der Waals surface area contributed by atoms with Crippen molar-refractivity contribution in [3.63, 3.8) is 0 Å². The second-order valence-electron chi connectivity index (χ2n) is 20.9. The van der Waals surface area contributed by atoms with Crippen LogP contribution in [0, 0.1) is 0 Å². The second-order valence-corrected chi connectivity index (χ2v) is 22.0. The number of hydrogen-bond donors (Lipinski definition) is 21. The first-order valence-corrected chi connectivity index (χ1v) is 27.6. The summed E-state index contributed by atoms with van der Waals surface area (Å²) in [6.45, 7) is -2.05. The Morgan fingerprint density at radius 1 is 0.553 bits per heavy atom. The lowest BCUT2D eigenvalue weighted by Gasteiger charge is -2.52. The maximum absolute atomic E-state index is 13.3. The van der Waals surface area contributed by atoms with Gasteiger partial charge in [-0.3, -0.25) is 18.9 Å². The van der Waals surface area contributed by atoms with Gasteiger partial charge in [-0.25, -0.2) is 8.98 Å². The van der Waals surface area contributed by atoms with Gasteiger partial charge in [-0.05, 0) is 6.92 Å². The van der Waals surface area contributed by atoms with Gasteiger partial charge in [0.2, 0.25) is 17.7 Å². The van der Waals surface area contributed by atoms with Gasteiger partial charge in [-0.2, -0.15) is 8.42 Å². The molecule has 39 nitrogen and oxygen atoms in total. The molecule has 85 heavy (non-hydrogen) atoms. The van der Waals surface area contributed by atoms with Crippen LogP contribution < -0.4 is 16.0 Å². The van der Waals surface area contributed by atoms with E-state index in [0.717, 1.165) is 20.8 Å². The molecule has 0 aromatic rings. The molecule has 6 aliphatic rings. The van der Waals surface area contributed by atoms with Gasteiger partial charge in [0, 0.05) is 27.2 Å². The highest BCUT2D eigenvalue weighted by atomic mass is 32.3. The molecular weight excluding hydrogens is 1190 g/mol. The highest BCUT2D eigenvalue weighted by Gasteiger charge is 2.62. The molecule has 0 radical (unpaired) electrons. The monoisotopic (exact) mass is 1270 g/mol. The minimum absolute atomic E-state index is 0.821. The predicted octanol–water partition coefficient (Wildman–Crippen LogP) is -13.6. The first kappa shape index (κ1) is 70.8. The Labute approximate surface area is 481 Å². The van der Waals surface area contributed by atoms with Crippen LogP contribution in [-0.4, -0.2) is 346 Å². The predicted molar refractivity (Wildman–Crippen MR) is 260 cm³/mol. The quantitative estimate of drug-likeness (QED) is 0.0422. The molecule has 3 amide bonds. The van der Waals surface area contributed by atoms with Crippen LogP contribution in [0.2, 0.25) is 0 Å². The fraction of sp³-hybridized carbons (Fsp3) is 0.911. The van der Waals surface area contributed by atoms with Gasteiger partial charge < -0.3 is 155 Å². The van der Waals surface area contributed by atoms with E-state index < -0.39 is 263 Å². The molecule has 492 valence electrons. The summed E-state index contributed by atoms with van der Waals surface area (Å²) in [7, 11) is -5.58. The number of hydrogen-bond acceptors (Lipinski definition) is 34. The molecule has 0 bridgehead atoms. The molecule has 0 aromatic heterocycles. The zero-order chi connectivity index (χ0) is 63.5. The number of nitrogens with one attached hydrogen (secondary N) is 3. The zero-order valence-corrected chi connectivity index (χ0v) is 46.2. The van der Waals surface area contributed by atoms with Crippen molar-refractivity contribution >= 4 is 34.1 Å². The van der Waals surface area contributed by atoms with Crippen molar-refractivity contribution < 1.29 is 175 Å². The first-order chi connectivity index (χ1) is 39.7. The standard InChI is InChI=1S/C45H75N3O36S/c1-11-24(58)29(63)30(64)41(74-11)81-36-23(48-14(4)55)40(82-37-27(61)18(8-51)76-42(31(37)65)80-34-22(47-13(3)54)39(67)75-17(7-50)26(34)60)78-20(10-73-85(70,71)72)33(36)79-43-32(66)38(28(62)19(9-52)77-43)84-45(44(68)69)5-15(56)21(46-12(2)53)35(83-45)25(59)16(57)6-49/h11,15-43,49-52,56-67H,5-10H2,1-4H3,(H,46,53)(H,47,54)(H,48,55)(H,68,69)(H,70,71,72)/t11-,15-,16+,17+,18+,19+,20+,21+,22+,23+,24+,25+,26-,27-,28-,29+,30-,31+,32+,33+,34+,35+,36+,37-,38-,39-,40-,41-,42-,43-,45-/m0/s1. The lowest BCUT2D eigenvalue weighted by molar-refractivity contribution is -0.398. The minimum atomic E-state index is -5.58. The molecule has 6 fully saturated rings. The number of carboxylic acids is 1. The van der Waals surface area contributed by atoms with Crippen molar-refractivity contribution in [3.8, 4) is 0 Å². The number of ether oxygens (including phenoxy) is 11. The molecule has 0 spiro atoms. The molecule has 6 aliphatic heterocycles. The molecule has 0 aromatic carbocycles. The van der Waals surface area contributed by atoms with Crippen molar-refractivity contribution in [3.05, 3.63) is 0 Å². The van der Waals surface area contributed by atoms with Gasteiger partial charge in [-0.1, -0.05) is 0 Å². The summed E-state index contributed by atoms with van der Waals surface area (Å²) in [5.41, 5.74) is 0. The highest BCUT2D eigenvalue weighted by Crippen LogP contribution is 2.41. The number of amides is 3. The van der Waals surface area contributed by atoms with E-state index >= 15 is 0 Å². The third-order valence-electron chi connectivity index (χ3n) is 14.8. The molecule has 0 aliphatic carbocycles. The van der Waals surface area contributed by atoms with Crippen LogP contribution in [0.15, 0.2) is 0 Å². The number of aliphatic hydroxyl groups excluding tert-OH is 16. The third kappa shape index (κ3) is 16.2. The van der Waals surface area contributed by atoms with E-state index in [1.165, 1.54) is 6.92 Å². The van der Waals surface area contributed by atoms with Gasteiger partial charge in [0.25, 0.3) is 5.79 Å². The summed E-state index contributed by atoms with van der Waals surface area (Å²) in [6, 6.07) is -5.57. The Balaban J connectivity index is 1.44. The van der Waals surface area contributed by atoms with E-state index in [2.05, 4.69) is 20.1 Å². The molecular formula is C45H75N3O36S. The van der Waals surface area contributed by atoms with E-state index in [1.807, 2.05) is 0 Å². The van der Waals surface area contributed by atoms with Crippen molar-refractivity contribution in [1.82, 2.24) is 16.0 Å². The van der Waals surface area contributed by atoms with Crippen LogP contribution in [0.3, 0.4) is 0 Å². The molecule has 21 N–H and O–H groups in total. The first-order valence-electron chi connectivity index (χ1n) is 26.2. The summed E-state index contributed by atoms with van der Waals surface area (Å²) >= 11 is 0. The summed E-state index contributed by atoms with van der Waals surface area (Å²) in [5, 5.41) is 192. The SMILES string of the molecule is CC(=O)N[C@@H]1[C@@H](O[C@@H]2O[C@H](CO)[C@H](O)[C@H](O[C@@H]3O[C@H](COS(=O)(=O)O)[C@@H](O[C@@H]4O[C@H](CO)[C@H](O)[C@H](O[C@]5(C(=O)O)C[C@H](O)[C@@H](NC(C)=O)[C@H]([C@H](O)[C@H](O)CO)O5)[C@H]4O)[C@H](O[C@@H]4O[C@@H](C)[C@@H](O)[C@@H](O)[C@@H]4O)[C@H]3NC(C)=O)[C@H]2O)[C@@H](O)[C@@H](CO)O[C@@H]1O. The van der Waals surface area contributed by atoms with Crippen molar-refractivity contribution in [2.45, 2.75) is 224 Å². The second kappa shape index (κ2) is 29.5. The number of carbonyl (C=O) groups excluding carboxylic acids is 3. The summed E-state index contributed by atoms with van der Waals surface area (Å²) in [4.78, 5) is 50.9. The Hall–Kier alpha value is -3.33. The number of aliphatic hydroxyl groups is 16. The fourth-order valence-electron chi connectivity index (χ4n) is 10.5. The van der Waals surface area contributed by atoms with Crippen molar-refractivity contribution in [1.29, 1.82) is 0 Å². The summed E-state index contributed by atoms with van der Waals surface area (Å²) in [5.74, 6) is -8.28. The van der Waals surface area contributed by atoms with Gasteiger partial charge in [0.1, 0.15) is 134 Å². The van der Waals surface area contributed by atoms with Crippen LogP contribution in [0.25, 0.3) is 0 Å². The summed E-state index contributed by atoms with van der Waals surface area (Å²) < 4.78 is 103. The van der Waals surface area contributed by atoms with Crippen molar-refractivity contribution in [2.24, 2.45) is 0 Å². The molecule has 6 rings (SSSR count). The number of carbonyl (C=O) groups is 4. The topological polar surface area (TPSA) is 613 Å². The van der Waals surface area contributed by atoms with Gasteiger partial charge in [0.05, 0.1) is 51.3 Å². The third-order valence-corrected chi connectivity index (χ3v) is 15.2. The number of aliphatic carboxylic acids is 1. The molecule has 40 heteroatoms. The van der Waals surface area contributed by atoms with Gasteiger partial charge in [-0.15, -0.1) is 0 Å². The average molecular weight is 1270 g/mol. The van der Waals surface area contributed by atoms with E-state index in [1.54, 1.807) is 0 Å². The largest absolute Gasteiger partial charge is 0.477 e. The number of rotatable bonds is 23. The van der Waals surface area contributed by atoms with Crippen molar-refractivity contribution in [2.75, 3.05) is 33.0 Å². The van der Waals surface area contributed by atoms with Crippen LogP contribution in [0.1, 0.15) is 34.1 Å². The molecule has 6 heterocycles. The van der Waals surface area contributed by atoms with Gasteiger partial charge >= 0.3 is 16.4 Å². The molecule has 31 atom stereocenters. The lowest BCUT2D eigenvalue weighted by Crippen LogP contribution is -2.72. The van der Waals surface area contributed by atoms with E-state index in [0.29, 0.717) is 0 Å². The number of carboxylic acid groups (broad SMARTS) is 1. The van der Waals surface area contributed by atoms with Crippen LogP contribution in [-0.2, 0) is 85.9 Å². The Morgan fingerprint density at radius 2 is 1.01 bits per heavy atom. The van der Waals surface area contributed by atoms with E-state index in [-0.39, 0.29) is 0 Å². The van der Waals surface area contributed by atoms with Gasteiger partial charge in [0.15, 0.2) is 31.5 Å². The Bertz CT molecular complexity index is 2340. The minimum Gasteiger partial charge on any atom is -0.477 e. The van der Waals surface area contributed by atoms with E-state index in [9.17, 15) is 119 Å². The van der Waals surface area contributed by atoms with Crippen LogP contribution >= 0.6 is 0 Å². The van der Waals surface area contributed by atoms with Crippen LogP contribution in [0.5, 0.6) is 0 Å². The van der Waals surface area contributed by atoms with Crippen LogP contribution in [0.4, 0.5) is 0 Å². The Morgan fingerprint density at radius 3 is 1.54 bits per heavy atom. The average Bonchev–Trinajstić information content (AvgIpc) is 1.87. The summed E-state index contributed by atoms with van der Waals surface area (Å²) in [6.07, 6.45) is -59.5. The smallest absolute Gasteiger partial charge is 0.397 e. The molecule has 6 saturated heterocycles. The van der Waals surface area contributed by atoms with E-state index in [4.69, 9.17) is 52.1 Å². The molecule has 0 unspecified atom stereocenters. The highest BCUT2D eigenvalue weighted by molar-refractivity contribution is 7.80. The zero-order valence-electron chi connectivity index (χ0n) is 45.4. The maximum atomic E-state index is 13.3. The molecule has 0 saturated carbocycles. The lowest BCUT2D eigenvalue weighted by atomic mass is 9.88. The fourth-order valence-corrected chi connectivity index (χ4v) is 10.8. The maximum Gasteiger partial charge on any atom is 0.397 e. The Kier molecular flexibility index (Phi) is 24.6. The normalized spacial score (nSPS) is 45.2.